The van der Waals surface area contributed by atoms with E-state index in [1.54, 1.807) is 43.3 Å². The zero-order valence-electron chi connectivity index (χ0n) is 19.8. The summed E-state index contributed by atoms with van der Waals surface area (Å²) in [6.45, 7) is 3.85. The summed E-state index contributed by atoms with van der Waals surface area (Å²) in [7, 11) is -3.98. The standard InChI is InChI=1S/C27H30ClN3O3S/c1-21-25(28)11-8-12-26(21)31(35(33,34)24-9-4-2-5-10-24)20-27(32)29-19-22-13-15-23(16-14-22)30-17-6-3-7-18-30/h2,4-5,8-16H,3,6-7,17-20H2,1H3,(H,29,32). The Bertz CT molecular complexity index is 1260. The Morgan fingerprint density at radius 2 is 1.63 bits per heavy atom. The molecule has 3 aromatic carbocycles. The van der Waals surface area contributed by atoms with Crippen molar-refractivity contribution in [1.82, 2.24) is 5.32 Å². The third-order valence-electron chi connectivity index (χ3n) is 6.27. The molecule has 0 radical (unpaired) electrons. The van der Waals surface area contributed by atoms with Crippen molar-refractivity contribution in [3.63, 3.8) is 0 Å². The Hall–Kier alpha value is -3.03. The van der Waals surface area contributed by atoms with Gasteiger partial charge in [0.05, 0.1) is 10.6 Å². The van der Waals surface area contributed by atoms with Gasteiger partial charge in [-0.1, -0.05) is 48.0 Å². The van der Waals surface area contributed by atoms with Crippen LogP contribution in [0.4, 0.5) is 11.4 Å². The summed E-state index contributed by atoms with van der Waals surface area (Å²) in [4.78, 5) is 15.4. The maximum Gasteiger partial charge on any atom is 0.264 e. The number of benzene rings is 3. The summed E-state index contributed by atoms with van der Waals surface area (Å²) in [5, 5.41) is 3.30. The highest BCUT2D eigenvalue weighted by Crippen LogP contribution is 2.30. The second-order valence-electron chi connectivity index (χ2n) is 8.70. The molecular formula is C27H30ClN3O3S. The highest BCUT2D eigenvalue weighted by Gasteiger charge is 2.28. The molecule has 0 saturated carbocycles. The van der Waals surface area contributed by atoms with Crippen LogP contribution in [0, 0.1) is 6.92 Å². The van der Waals surface area contributed by atoms with Crippen LogP contribution in [0.25, 0.3) is 0 Å². The van der Waals surface area contributed by atoms with Gasteiger partial charge in [0, 0.05) is 30.3 Å². The molecule has 0 aliphatic carbocycles. The first-order valence-corrected chi connectivity index (χ1v) is 13.6. The minimum Gasteiger partial charge on any atom is -0.372 e. The van der Waals surface area contributed by atoms with Gasteiger partial charge in [-0.3, -0.25) is 9.10 Å². The number of piperidine rings is 1. The number of hydrogen-bond donors (Lipinski definition) is 1. The Kier molecular flexibility index (Phi) is 7.98. The number of nitrogens with one attached hydrogen (secondary N) is 1. The lowest BCUT2D eigenvalue weighted by atomic mass is 10.1. The van der Waals surface area contributed by atoms with Crippen LogP contribution >= 0.6 is 11.6 Å². The van der Waals surface area contributed by atoms with Crippen LogP contribution in [0.3, 0.4) is 0 Å². The summed E-state index contributed by atoms with van der Waals surface area (Å²) in [6, 6.07) is 21.3. The van der Waals surface area contributed by atoms with Gasteiger partial charge in [-0.25, -0.2) is 8.42 Å². The van der Waals surface area contributed by atoms with E-state index in [1.807, 2.05) is 12.1 Å². The highest BCUT2D eigenvalue weighted by molar-refractivity contribution is 7.92. The third-order valence-corrected chi connectivity index (χ3v) is 8.46. The SMILES string of the molecule is Cc1c(Cl)cccc1N(CC(=O)NCc1ccc(N2CCCCC2)cc1)S(=O)(=O)c1ccccc1. The van der Waals surface area contributed by atoms with Gasteiger partial charge < -0.3 is 10.2 Å². The third kappa shape index (κ3) is 5.97. The molecular weight excluding hydrogens is 482 g/mol. The van der Waals surface area contributed by atoms with Crippen molar-refractivity contribution in [2.75, 3.05) is 28.8 Å². The van der Waals surface area contributed by atoms with Crippen molar-refractivity contribution in [2.24, 2.45) is 0 Å². The van der Waals surface area contributed by atoms with Crippen LogP contribution < -0.4 is 14.5 Å². The van der Waals surface area contributed by atoms with Gasteiger partial charge >= 0.3 is 0 Å². The second kappa shape index (κ2) is 11.1. The van der Waals surface area contributed by atoms with Crippen LogP contribution in [0.2, 0.25) is 5.02 Å². The fraction of sp³-hybridized carbons (Fsp3) is 0.296. The molecule has 1 amide bonds. The molecule has 35 heavy (non-hydrogen) atoms. The molecule has 0 atom stereocenters. The summed E-state index contributed by atoms with van der Waals surface area (Å²) in [5.41, 5.74) is 3.11. The molecule has 184 valence electrons. The van der Waals surface area contributed by atoms with Crippen LogP contribution in [-0.4, -0.2) is 34.0 Å². The van der Waals surface area contributed by atoms with Crippen molar-refractivity contribution in [2.45, 2.75) is 37.6 Å². The molecule has 0 bridgehead atoms. The number of sulfonamides is 1. The maximum atomic E-state index is 13.5. The van der Waals surface area contributed by atoms with Crippen molar-refractivity contribution in [3.05, 3.63) is 88.9 Å². The fourth-order valence-electron chi connectivity index (χ4n) is 4.25. The van der Waals surface area contributed by atoms with E-state index in [0.29, 0.717) is 22.8 Å². The predicted octanol–water partition coefficient (Wildman–Crippen LogP) is 5.15. The second-order valence-corrected chi connectivity index (χ2v) is 11.0. The van der Waals surface area contributed by atoms with Gasteiger partial charge in [0.1, 0.15) is 6.54 Å². The average Bonchev–Trinajstić information content (AvgIpc) is 2.89. The number of rotatable bonds is 8. The first-order chi connectivity index (χ1) is 16.9. The molecule has 4 rings (SSSR count). The zero-order valence-corrected chi connectivity index (χ0v) is 21.4. The van der Waals surface area contributed by atoms with Gasteiger partial charge in [0.2, 0.25) is 5.91 Å². The molecule has 1 N–H and O–H groups in total. The summed E-state index contributed by atoms with van der Waals surface area (Å²) < 4.78 is 28.1. The van der Waals surface area contributed by atoms with Crippen LogP contribution in [0.5, 0.6) is 0 Å². The topological polar surface area (TPSA) is 69.7 Å². The van der Waals surface area contributed by atoms with Crippen LogP contribution in [0.15, 0.2) is 77.7 Å². The number of anilines is 2. The molecule has 1 fully saturated rings. The van der Waals surface area contributed by atoms with E-state index in [4.69, 9.17) is 11.6 Å². The normalized spacial score (nSPS) is 13.9. The molecule has 0 unspecified atom stereocenters. The van der Waals surface area contributed by atoms with Crippen LogP contribution in [-0.2, 0) is 21.4 Å². The first kappa shape index (κ1) is 25.1. The fourth-order valence-corrected chi connectivity index (χ4v) is 5.92. The lowest BCUT2D eigenvalue weighted by Crippen LogP contribution is -2.41. The molecule has 1 saturated heterocycles. The number of amides is 1. The Morgan fingerprint density at radius 3 is 2.31 bits per heavy atom. The molecule has 1 heterocycles. The predicted molar refractivity (Wildman–Crippen MR) is 142 cm³/mol. The van der Waals surface area contributed by atoms with E-state index in [9.17, 15) is 13.2 Å². The highest BCUT2D eigenvalue weighted by atomic mass is 35.5. The molecule has 3 aromatic rings. The number of carbonyl (C=O) groups excluding carboxylic acids is 1. The molecule has 0 aromatic heterocycles. The Labute approximate surface area is 212 Å². The average molecular weight is 512 g/mol. The van der Waals surface area contributed by atoms with E-state index in [1.165, 1.54) is 37.1 Å². The van der Waals surface area contributed by atoms with Gasteiger partial charge in [0.25, 0.3) is 10.0 Å². The van der Waals surface area contributed by atoms with Gasteiger partial charge in [-0.15, -0.1) is 0 Å². The molecule has 1 aliphatic heterocycles. The van der Waals surface area contributed by atoms with E-state index in [0.717, 1.165) is 23.0 Å². The summed E-state index contributed by atoms with van der Waals surface area (Å²) in [6.07, 6.45) is 3.71. The minimum absolute atomic E-state index is 0.112. The van der Waals surface area contributed by atoms with Crippen molar-refractivity contribution >= 4 is 38.9 Å². The van der Waals surface area contributed by atoms with E-state index >= 15 is 0 Å². The maximum absolute atomic E-state index is 13.5. The lowest BCUT2D eigenvalue weighted by Gasteiger charge is -2.29. The molecule has 6 nitrogen and oxygen atoms in total. The largest absolute Gasteiger partial charge is 0.372 e. The van der Waals surface area contributed by atoms with Crippen LogP contribution in [0.1, 0.15) is 30.4 Å². The number of hydrogen-bond acceptors (Lipinski definition) is 4. The van der Waals surface area contributed by atoms with E-state index in [2.05, 4.69) is 22.3 Å². The van der Waals surface area contributed by atoms with Gasteiger partial charge in [-0.2, -0.15) is 0 Å². The van der Waals surface area contributed by atoms with Crippen molar-refractivity contribution in [3.8, 4) is 0 Å². The number of carbonyl (C=O) groups is 1. The monoisotopic (exact) mass is 511 g/mol. The minimum atomic E-state index is -3.98. The zero-order chi connectivity index (χ0) is 24.8. The first-order valence-electron chi connectivity index (χ1n) is 11.8. The summed E-state index contributed by atoms with van der Waals surface area (Å²) >= 11 is 6.28. The quantitative estimate of drug-likeness (QED) is 0.454. The van der Waals surface area contributed by atoms with E-state index < -0.39 is 15.9 Å². The van der Waals surface area contributed by atoms with Crippen molar-refractivity contribution in [1.29, 1.82) is 0 Å². The molecule has 1 aliphatic rings. The van der Waals surface area contributed by atoms with E-state index in [-0.39, 0.29) is 11.4 Å². The molecule has 0 spiro atoms. The molecule has 8 heteroatoms. The summed E-state index contributed by atoms with van der Waals surface area (Å²) in [5.74, 6) is -0.399. The Morgan fingerprint density at radius 1 is 0.943 bits per heavy atom. The van der Waals surface area contributed by atoms with Gasteiger partial charge in [0.15, 0.2) is 0 Å². The number of halogens is 1. The van der Waals surface area contributed by atoms with Crippen molar-refractivity contribution < 1.29 is 13.2 Å². The Balaban J connectivity index is 1.49. The number of nitrogens with zero attached hydrogens (tertiary/aromatic N) is 2. The smallest absolute Gasteiger partial charge is 0.264 e. The lowest BCUT2D eigenvalue weighted by molar-refractivity contribution is -0.119. The van der Waals surface area contributed by atoms with Gasteiger partial charge in [-0.05, 0) is 73.7 Å².